The van der Waals surface area contributed by atoms with Gasteiger partial charge in [-0.25, -0.2) is 4.98 Å². The Hall–Kier alpha value is -2.13. The van der Waals surface area contributed by atoms with E-state index in [0.29, 0.717) is 0 Å². The largest absolute Gasteiger partial charge is 0.327 e. The second-order valence-corrected chi connectivity index (χ2v) is 5.06. The van der Waals surface area contributed by atoms with Gasteiger partial charge in [0.25, 0.3) is 0 Å². The Morgan fingerprint density at radius 3 is 2.50 bits per heavy atom. The molecule has 0 saturated carbocycles. The second-order valence-electron chi connectivity index (χ2n) is 5.06. The summed E-state index contributed by atoms with van der Waals surface area (Å²) in [4.78, 5) is 4.76. The summed E-state index contributed by atoms with van der Waals surface area (Å²) in [7, 11) is 0. The Balaban J connectivity index is 2.18. The van der Waals surface area contributed by atoms with Gasteiger partial charge in [0.05, 0.1) is 11.0 Å². The highest BCUT2D eigenvalue weighted by atomic mass is 15.1. The van der Waals surface area contributed by atoms with Crippen molar-refractivity contribution in [2.45, 2.75) is 25.8 Å². The molecule has 0 spiro atoms. The second kappa shape index (κ2) is 5.47. The van der Waals surface area contributed by atoms with Crippen LogP contribution in [0.5, 0.6) is 0 Å². The predicted molar refractivity (Wildman–Crippen MR) is 83.0 cm³/mol. The molecule has 1 atom stereocenters. The third-order valence-corrected chi connectivity index (χ3v) is 3.61. The van der Waals surface area contributed by atoms with E-state index in [1.165, 1.54) is 0 Å². The predicted octanol–water partition coefficient (Wildman–Crippen LogP) is 3.31. The number of nitrogens with zero attached hydrogens (tertiary/aromatic N) is 2. The Morgan fingerprint density at radius 1 is 1.05 bits per heavy atom. The molecule has 3 aromatic rings. The zero-order valence-electron chi connectivity index (χ0n) is 11.7. The minimum atomic E-state index is 0.147. The van der Waals surface area contributed by atoms with Gasteiger partial charge >= 0.3 is 0 Å². The van der Waals surface area contributed by atoms with Gasteiger partial charge in [0, 0.05) is 18.2 Å². The molecule has 20 heavy (non-hydrogen) atoms. The number of para-hydroxylation sites is 3. The van der Waals surface area contributed by atoms with Crippen molar-refractivity contribution in [3.63, 3.8) is 0 Å². The van der Waals surface area contributed by atoms with Crippen molar-refractivity contribution in [3.05, 3.63) is 60.4 Å². The highest BCUT2D eigenvalue weighted by Gasteiger charge is 2.13. The summed E-state index contributed by atoms with van der Waals surface area (Å²) in [6.07, 6.45) is 1.75. The molecule has 3 nitrogen and oxygen atoms in total. The zero-order chi connectivity index (χ0) is 13.9. The average molecular weight is 265 g/mol. The van der Waals surface area contributed by atoms with Crippen LogP contribution in [0.4, 0.5) is 0 Å². The van der Waals surface area contributed by atoms with E-state index in [2.05, 4.69) is 35.8 Å². The van der Waals surface area contributed by atoms with Gasteiger partial charge in [-0.2, -0.15) is 0 Å². The SMILES string of the molecule is CCC(N)Cc1nc2ccccc2n1-c1ccccc1. The number of hydrogen-bond acceptors (Lipinski definition) is 2. The van der Waals surface area contributed by atoms with Crippen molar-refractivity contribution in [2.75, 3.05) is 0 Å². The molecule has 0 fully saturated rings. The fourth-order valence-electron chi connectivity index (χ4n) is 2.46. The van der Waals surface area contributed by atoms with E-state index < -0.39 is 0 Å². The summed E-state index contributed by atoms with van der Waals surface area (Å²) in [5, 5.41) is 0. The van der Waals surface area contributed by atoms with Crippen molar-refractivity contribution in [1.29, 1.82) is 0 Å². The van der Waals surface area contributed by atoms with Crippen molar-refractivity contribution in [1.82, 2.24) is 9.55 Å². The Kier molecular flexibility index (Phi) is 3.52. The van der Waals surface area contributed by atoms with E-state index in [1.54, 1.807) is 0 Å². The lowest BCUT2D eigenvalue weighted by atomic mass is 10.1. The summed E-state index contributed by atoms with van der Waals surface area (Å²) in [5.74, 6) is 1.03. The minimum Gasteiger partial charge on any atom is -0.327 e. The van der Waals surface area contributed by atoms with E-state index in [0.717, 1.165) is 35.4 Å². The topological polar surface area (TPSA) is 43.8 Å². The molecule has 2 aromatic carbocycles. The summed E-state index contributed by atoms with van der Waals surface area (Å²) < 4.78 is 2.21. The van der Waals surface area contributed by atoms with Gasteiger partial charge in [0.15, 0.2) is 0 Å². The molecule has 0 aliphatic rings. The van der Waals surface area contributed by atoms with Crippen LogP contribution in [0, 0.1) is 0 Å². The quantitative estimate of drug-likeness (QED) is 0.786. The normalized spacial score (nSPS) is 12.7. The first kappa shape index (κ1) is 12.9. The van der Waals surface area contributed by atoms with Gasteiger partial charge < -0.3 is 5.73 Å². The fourth-order valence-corrected chi connectivity index (χ4v) is 2.46. The van der Waals surface area contributed by atoms with E-state index >= 15 is 0 Å². The number of hydrogen-bond donors (Lipinski definition) is 1. The summed E-state index contributed by atoms with van der Waals surface area (Å²) >= 11 is 0. The van der Waals surface area contributed by atoms with E-state index in [4.69, 9.17) is 10.7 Å². The number of rotatable bonds is 4. The molecule has 0 aliphatic heterocycles. The third kappa shape index (κ3) is 2.32. The summed E-state index contributed by atoms with van der Waals surface area (Å²) in [6.45, 7) is 2.11. The Bertz CT molecular complexity index is 701. The number of fused-ring (bicyclic) bond motifs is 1. The number of aromatic nitrogens is 2. The molecule has 1 heterocycles. The summed E-state index contributed by atoms with van der Waals surface area (Å²) in [5.41, 5.74) is 9.42. The van der Waals surface area contributed by atoms with Crippen molar-refractivity contribution >= 4 is 11.0 Å². The Labute approximate surface area is 119 Å². The maximum atomic E-state index is 6.12. The van der Waals surface area contributed by atoms with Crippen LogP contribution in [-0.2, 0) is 6.42 Å². The van der Waals surface area contributed by atoms with Gasteiger partial charge in [0.1, 0.15) is 5.82 Å². The molecule has 102 valence electrons. The van der Waals surface area contributed by atoms with Crippen LogP contribution in [0.2, 0.25) is 0 Å². The molecule has 0 saturated heterocycles. The lowest BCUT2D eigenvalue weighted by molar-refractivity contribution is 0.621. The molecule has 0 amide bonds. The highest BCUT2D eigenvalue weighted by molar-refractivity contribution is 5.78. The fraction of sp³-hybridized carbons (Fsp3) is 0.235. The highest BCUT2D eigenvalue weighted by Crippen LogP contribution is 2.22. The molecule has 0 radical (unpaired) electrons. The van der Waals surface area contributed by atoms with Crippen LogP contribution in [0.3, 0.4) is 0 Å². The maximum absolute atomic E-state index is 6.12. The maximum Gasteiger partial charge on any atom is 0.116 e. The number of nitrogens with two attached hydrogens (primary N) is 1. The van der Waals surface area contributed by atoms with Crippen molar-refractivity contribution in [2.24, 2.45) is 5.73 Å². The van der Waals surface area contributed by atoms with E-state index in [-0.39, 0.29) is 6.04 Å². The van der Waals surface area contributed by atoms with E-state index in [9.17, 15) is 0 Å². The lowest BCUT2D eigenvalue weighted by Crippen LogP contribution is -2.23. The molecule has 0 bridgehead atoms. The van der Waals surface area contributed by atoms with Gasteiger partial charge in [0.2, 0.25) is 0 Å². The van der Waals surface area contributed by atoms with Crippen LogP contribution in [0.15, 0.2) is 54.6 Å². The molecule has 3 heteroatoms. The molecular formula is C17H19N3. The van der Waals surface area contributed by atoms with Crippen LogP contribution < -0.4 is 5.73 Å². The number of benzene rings is 2. The molecule has 2 N–H and O–H groups in total. The molecule has 3 rings (SSSR count). The first-order valence-corrected chi connectivity index (χ1v) is 7.07. The van der Waals surface area contributed by atoms with Gasteiger partial charge in [-0.1, -0.05) is 37.3 Å². The average Bonchev–Trinajstić information content (AvgIpc) is 2.85. The van der Waals surface area contributed by atoms with Crippen LogP contribution in [0.25, 0.3) is 16.7 Å². The molecule has 0 aliphatic carbocycles. The molecule has 1 aromatic heterocycles. The first-order valence-electron chi connectivity index (χ1n) is 7.07. The smallest absolute Gasteiger partial charge is 0.116 e. The van der Waals surface area contributed by atoms with Crippen molar-refractivity contribution in [3.8, 4) is 5.69 Å². The zero-order valence-corrected chi connectivity index (χ0v) is 11.7. The molecule has 1 unspecified atom stereocenters. The van der Waals surface area contributed by atoms with Crippen LogP contribution >= 0.6 is 0 Å². The molecular weight excluding hydrogens is 246 g/mol. The summed E-state index contributed by atoms with van der Waals surface area (Å²) in [6, 6.07) is 18.7. The standard InChI is InChI=1S/C17H19N3/c1-2-13(18)12-17-19-15-10-6-7-11-16(15)20(17)14-8-4-3-5-9-14/h3-11,13H,2,12,18H2,1H3. The van der Waals surface area contributed by atoms with Crippen LogP contribution in [-0.4, -0.2) is 15.6 Å². The van der Waals surface area contributed by atoms with Crippen molar-refractivity contribution < 1.29 is 0 Å². The first-order chi connectivity index (χ1) is 9.79. The lowest BCUT2D eigenvalue weighted by Gasteiger charge is -2.12. The third-order valence-electron chi connectivity index (χ3n) is 3.61. The number of imidazole rings is 1. The minimum absolute atomic E-state index is 0.147. The van der Waals surface area contributed by atoms with Gasteiger partial charge in [-0.15, -0.1) is 0 Å². The van der Waals surface area contributed by atoms with Gasteiger partial charge in [-0.3, -0.25) is 4.57 Å². The van der Waals surface area contributed by atoms with E-state index in [1.807, 2.05) is 30.3 Å². The monoisotopic (exact) mass is 265 g/mol. The van der Waals surface area contributed by atoms with Gasteiger partial charge in [-0.05, 0) is 30.7 Å². The Morgan fingerprint density at radius 2 is 1.75 bits per heavy atom. The van der Waals surface area contributed by atoms with Crippen LogP contribution in [0.1, 0.15) is 19.2 Å².